The molecule has 0 fully saturated rings. The molecule has 0 aliphatic carbocycles. The molecule has 1 atom stereocenters. The molecule has 2 rings (SSSR count). The first kappa shape index (κ1) is 16.5. The van der Waals surface area contributed by atoms with Gasteiger partial charge in [0.15, 0.2) is 0 Å². The topological polar surface area (TPSA) is 41.1 Å². The Morgan fingerprint density at radius 3 is 2.45 bits per heavy atom. The fourth-order valence-electron chi connectivity index (χ4n) is 2.17. The molecule has 1 amide bonds. The molecule has 0 heterocycles. The Morgan fingerprint density at radius 1 is 1.09 bits per heavy atom. The van der Waals surface area contributed by atoms with Crippen molar-refractivity contribution in [3.05, 3.63) is 70.7 Å². The summed E-state index contributed by atoms with van der Waals surface area (Å²) in [4.78, 5) is 11.8. The second-order valence-corrected chi connectivity index (χ2v) is 5.68. The molecule has 3 nitrogen and oxygen atoms in total. The molecule has 0 bridgehead atoms. The van der Waals surface area contributed by atoms with Crippen molar-refractivity contribution in [2.24, 2.45) is 0 Å². The van der Waals surface area contributed by atoms with Crippen LogP contribution in [0.3, 0.4) is 0 Å². The van der Waals surface area contributed by atoms with E-state index >= 15 is 0 Å². The van der Waals surface area contributed by atoms with Crippen LogP contribution in [0.15, 0.2) is 54.6 Å². The average Bonchev–Trinajstić information content (AvgIpc) is 2.55. The fourth-order valence-corrected chi connectivity index (χ4v) is 2.29. The Morgan fingerprint density at radius 2 is 1.77 bits per heavy atom. The van der Waals surface area contributed by atoms with Gasteiger partial charge < -0.3 is 10.6 Å². The highest BCUT2D eigenvalue weighted by molar-refractivity contribution is 6.30. The second-order valence-electron chi connectivity index (χ2n) is 5.24. The van der Waals surface area contributed by atoms with Crippen molar-refractivity contribution in [2.45, 2.75) is 19.4 Å². The summed E-state index contributed by atoms with van der Waals surface area (Å²) in [6.07, 6.45) is 0.803. The van der Waals surface area contributed by atoms with Crippen LogP contribution in [-0.4, -0.2) is 19.0 Å². The van der Waals surface area contributed by atoms with E-state index in [-0.39, 0.29) is 11.9 Å². The van der Waals surface area contributed by atoms with Crippen LogP contribution in [-0.2, 0) is 11.2 Å². The Kier molecular flexibility index (Phi) is 6.44. The Bertz CT molecular complexity index is 584. The van der Waals surface area contributed by atoms with Gasteiger partial charge in [-0.1, -0.05) is 54.1 Å². The number of hydrogen-bond acceptors (Lipinski definition) is 2. The Hall–Kier alpha value is -1.84. The van der Waals surface area contributed by atoms with Crippen LogP contribution in [0.1, 0.15) is 24.1 Å². The van der Waals surface area contributed by atoms with E-state index in [1.54, 1.807) is 0 Å². The van der Waals surface area contributed by atoms with Gasteiger partial charge in [-0.3, -0.25) is 4.79 Å². The van der Waals surface area contributed by atoms with E-state index in [4.69, 9.17) is 11.6 Å². The molecule has 0 spiro atoms. The lowest BCUT2D eigenvalue weighted by Gasteiger charge is -2.14. The zero-order valence-electron chi connectivity index (χ0n) is 12.7. The highest BCUT2D eigenvalue weighted by atomic mass is 35.5. The van der Waals surface area contributed by atoms with Crippen LogP contribution >= 0.6 is 11.6 Å². The molecule has 2 aromatic carbocycles. The zero-order chi connectivity index (χ0) is 15.8. The number of hydrogen-bond donors (Lipinski definition) is 2. The van der Waals surface area contributed by atoms with Crippen molar-refractivity contribution in [2.75, 3.05) is 13.1 Å². The predicted octanol–water partition coefficient (Wildman–Crippen LogP) is 3.35. The summed E-state index contributed by atoms with van der Waals surface area (Å²) >= 11 is 5.84. The summed E-state index contributed by atoms with van der Waals surface area (Å²) in [5.41, 5.74) is 2.34. The molecule has 2 aromatic rings. The normalized spacial score (nSPS) is 11.9. The van der Waals surface area contributed by atoms with Crippen LogP contribution in [0.2, 0.25) is 5.02 Å². The lowest BCUT2D eigenvalue weighted by molar-refractivity contribution is -0.120. The van der Waals surface area contributed by atoms with E-state index in [0.717, 1.165) is 17.0 Å². The molecule has 2 N–H and O–H groups in total. The fraction of sp³-hybridized carbons (Fsp3) is 0.278. The summed E-state index contributed by atoms with van der Waals surface area (Å²) < 4.78 is 0. The van der Waals surface area contributed by atoms with Gasteiger partial charge in [-0.25, -0.2) is 0 Å². The average molecular weight is 317 g/mol. The maximum atomic E-state index is 11.8. The number of halogens is 1. The van der Waals surface area contributed by atoms with Crippen LogP contribution in [0, 0.1) is 0 Å². The van der Waals surface area contributed by atoms with Crippen LogP contribution in [0.4, 0.5) is 0 Å². The van der Waals surface area contributed by atoms with Crippen molar-refractivity contribution in [1.29, 1.82) is 0 Å². The molecule has 0 aliphatic heterocycles. The van der Waals surface area contributed by atoms with Crippen LogP contribution < -0.4 is 10.6 Å². The smallest absolute Gasteiger partial charge is 0.233 e. The van der Waals surface area contributed by atoms with Crippen molar-refractivity contribution >= 4 is 17.5 Å². The van der Waals surface area contributed by atoms with Gasteiger partial charge in [0.25, 0.3) is 0 Å². The first-order valence-corrected chi connectivity index (χ1v) is 7.82. The summed E-state index contributed by atoms with van der Waals surface area (Å²) in [6.45, 7) is 2.99. The second kappa shape index (κ2) is 8.57. The van der Waals surface area contributed by atoms with Gasteiger partial charge in [0, 0.05) is 17.6 Å². The number of carbonyl (C=O) groups is 1. The molecule has 1 unspecified atom stereocenters. The SMILES string of the molecule is CC(NCC(=O)NCCc1ccc(Cl)cc1)c1ccccc1. The van der Waals surface area contributed by atoms with Crippen molar-refractivity contribution in [3.63, 3.8) is 0 Å². The van der Waals surface area contributed by atoms with Gasteiger partial charge in [-0.15, -0.1) is 0 Å². The third-order valence-corrected chi connectivity index (χ3v) is 3.77. The maximum Gasteiger partial charge on any atom is 0.233 e. The molecule has 0 aliphatic rings. The van der Waals surface area contributed by atoms with Gasteiger partial charge in [-0.2, -0.15) is 0 Å². The lowest BCUT2D eigenvalue weighted by atomic mass is 10.1. The van der Waals surface area contributed by atoms with E-state index in [2.05, 4.69) is 29.7 Å². The number of amides is 1. The molecular weight excluding hydrogens is 296 g/mol. The number of nitrogens with one attached hydrogen (secondary N) is 2. The number of carbonyl (C=O) groups excluding carboxylic acids is 1. The van der Waals surface area contributed by atoms with E-state index in [0.29, 0.717) is 13.1 Å². The summed E-state index contributed by atoms with van der Waals surface area (Å²) in [5.74, 6) is 0.0109. The monoisotopic (exact) mass is 316 g/mol. The molecular formula is C18H21ClN2O. The third kappa shape index (κ3) is 5.51. The minimum Gasteiger partial charge on any atom is -0.355 e. The van der Waals surface area contributed by atoms with Crippen molar-refractivity contribution < 1.29 is 4.79 Å². The van der Waals surface area contributed by atoms with Crippen molar-refractivity contribution in [3.8, 4) is 0 Å². The van der Waals surface area contributed by atoms with E-state index in [9.17, 15) is 4.79 Å². The third-order valence-electron chi connectivity index (χ3n) is 3.52. The lowest BCUT2D eigenvalue weighted by Crippen LogP contribution is -2.36. The minimum absolute atomic E-state index is 0.0109. The van der Waals surface area contributed by atoms with E-state index in [1.165, 1.54) is 5.56 Å². The first-order valence-electron chi connectivity index (χ1n) is 7.44. The van der Waals surface area contributed by atoms with E-state index in [1.807, 2.05) is 42.5 Å². The standard InChI is InChI=1S/C18H21ClN2O/c1-14(16-5-3-2-4-6-16)21-13-18(22)20-12-11-15-7-9-17(19)10-8-15/h2-10,14,21H,11-13H2,1H3,(H,20,22). The number of rotatable bonds is 7. The highest BCUT2D eigenvalue weighted by Crippen LogP contribution is 2.10. The van der Waals surface area contributed by atoms with Gasteiger partial charge in [0.05, 0.1) is 6.54 Å². The minimum atomic E-state index is 0.0109. The molecule has 4 heteroatoms. The summed E-state index contributed by atoms with van der Waals surface area (Å²) in [5, 5.41) is 6.87. The quantitative estimate of drug-likeness (QED) is 0.822. The Balaban J connectivity index is 1.66. The predicted molar refractivity (Wildman–Crippen MR) is 91.0 cm³/mol. The molecule has 116 valence electrons. The molecule has 0 saturated heterocycles. The van der Waals surface area contributed by atoms with Crippen molar-refractivity contribution in [1.82, 2.24) is 10.6 Å². The van der Waals surface area contributed by atoms with Crippen LogP contribution in [0.25, 0.3) is 0 Å². The molecule has 0 saturated carbocycles. The van der Waals surface area contributed by atoms with Gasteiger partial charge in [0.1, 0.15) is 0 Å². The summed E-state index contributed by atoms with van der Waals surface area (Å²) in [7, 11) is 0. The highest BCUT2D eigenvalue weighted by Gasteiger charge is 2.06. The maximum absolute atomic E-state index is 11.8. The molecule has 0 radical (unpaired) electrons. The Labute approximate surface area is 136 Å². The largest absolute Gasteiger partial charge is 0.355 e. The molecule has 22 heavy (non-hydrogen) atoms. The van der Waals surface area contributed by atoms with Gasteiger partial charge in [-0.05, 0) is 36.6 Å². The van der Waals surface area contributed by atoms with Crippen LogP contribution in [0.5, 0.6) is 0 Å². The van der Waals surface area contributed by atoms with Gasteiger partial charge >= 0.3 is 0 Å². The van der Waals surface area contributed by atoms with E-state index < -0.39 is 0 Å². The first-order chi connectivity index (χ1) is 10.6. The number of benzene rings is 2. The van der Waals surface area contributed by atoms with Gasteiger partial charge in [0.2, 0.25) is 5.91 Å². The zero-order valence-corrected chi connectivity index (χ0v) is 13.4. The summed E-state index contributed by atoms with van der Waals surface area (Å²) in [6, 6.07) is 17.9. The molecule has 0 aromatic heterocycles.